The summed E-state index contributed by atoms with van der Waals surface area (Å²) in [5.74, 6) is 0. The summed E-state index contributed by atoms with van der Waals surface area (Å²) >= 11 is 0. The minimum absolute atomic E-state index is 1.05. The molecule has 56 heavy (non-hydrogen) atoms. The van der Waals surface area contributed by atoms with Crippen molar-refractivity contribution in [1.29, 1.82) is 0 Å². The zero-order chi connectivity index (χ0) is 39.1. The molecule has 296 valence electrons. The minimum atomic E-state index is 1.05. The maximum atomic E-state index is 3.42. The van der Waals surface area contributed by atoms with Gasteiger partial charge in [-0.15, -0.1) is 0 Å². The number of benzene rings is 5. The van der Waals surface area contributed by atoms with Crippen LogP contribution >= 0.6 is 0 Å². The van der Waals surface area contributed by atoms with E-state index in [9.17, 15) is 0 Å². The third-order valence-corrected chi connectivity index (χ3v) is 11.5. The highest BCUT2D eigenvalue weighted by atomic mass is 14.9. The summed E-state index contributed by atoms with van der Waals surface area (Å²) in [6, 6.07) is 33.7. The van der Waals surface area contributed by atoms with Crippen LogP contribution in [-0.4, -0.2) is 32.7 Å². The van der Waals surface area contributed by atoms with Gasteiger partial charge in [-0.05, 0) is 162 Å². The molecule has 0 unspecified atom stereocenters. The van der Waals surface area contributed by atoms with E-state index < -0.39 is 0 Å². The van der Waals surface area contributed by atoms with Crippen molar-refractivity contribution in [3.63, 3.8) is 0 Å². The maximum Gasteiger partial charge on any atom is 0.0212 e. The van der Waals surface area contributed by atoms with Gasteiger partial charge < -0.3 is 26.6 Å². The predicted octanol–water partition coefficient (Wildman–Crippen LogP) is 8.59. The molecule has 5 aliphatic rings. The van der Waals surface area contributed by atoms with E-state index in [0.717, 1.165) is 65.4 Å². The largest absolute Gasteiger partial charge is 0.316 e. The van der Waals surface area contributed by atoms with Crippen LogP contribution in [0.5, 0.6) is 0 Å². The van der Waals surface area contributed by atoms with Gasteiger partial charge in [-0.2, -0.15) is 0 Å². The molecule has 5 N–H and O–H groups in total. The summed E-state index contributed by atoms with van der Waals surface area (Å²) in [7, 11) is 0. The van der Waals surface area contributed by atoms with Crippen molar-refractivity contribution in [2.75, 3.05) is 32.7 Å². The number of rotatable bonds is 0. The molecule has 0 spiro atoms. The van der Waals surface area contributed by atoms with Crippen molar-refractivity contribution in [3.05, 3.63) is 174 Å². The number of aryl methyl sites for hydroxylation is 6. The fourth-order valence-electron chi connectivity index (χ4n) is 8.23. The van der Waals surface area contributed by atoms with Crippen LogP contribution in [0.25, 0.3) is 0 Å². The lowest BCUT2D eigenvalue weighted by atomic mass is 9.99. The molecule has 5 aromatic rings. The molecule has 0 aromatic heterocycles. The van der Waals surface area contributed by atoms with Gasteiger partial charge >= 0.3 is 0 Å². The first-order valence-corrected chi connectivity index (χ1v) is 21.3. The summed E-state index contributed by atoms with van der Waals surface area (Å²) in [5, 5.41) is 16.9. The van der Waals surface area contributed by atoms with Crippen LogP contribution in [0.1, 0.15) is 89.9 Å². The van der Waals surface area contributed by atoms with Gasteiger partial charge in [0.15, 0.2) is 0 Å². The molecule has 0 amide bonds. The molecule has 0 saturated heterocycles. The highest BCUT2D eigenvalue weighted by Crippen LogP contribution is 2.19. The number of hydrogen-bond donors (Lipinski definition) is 5. The Morgan fingerprint density at radius 1 is 0.268 bits per heavy atom. The van der Waals surface area contributed by atoms with Crippen LogP contribution in [0, 0.1) is 34.6 Å². The Bertz CT molecular complexity index is 1900. The molecule has 10 rings (SSSR count). The third-order valence-electron chi connectivity index (χ3n) is 11.5. The monoisotopic (exact) mass is 750 g/mol. The van der Waals surface area contributed by atoms with E-state index in [-0.39, 0.29) is 0 Å². The number of fused-ring (bicyclic) bond motifs is 5. The van der Waals surface area contributed by atoms with E-state index in [0.29, 0.717) is 0 Å². The third kappa shape index (κ3) is 12.7. The van der Waals surface area contributed by atoms with Crippen molar-refractivity contribution in [1.82, 2.24) is 26.6 Å². The van der Waals surface area contributed by atoms with Crippen molar-refractivity contribution >= 4 is 0 Å². The Hall–Kier alpha value is -4.10. The van der Waals surface area contributed by atoms with E-state index >= 15 is 0 Å². The van der Waals surface area contributed by atoms with Gasteiger partial charge in [0.2, 0.25) is 0 Å². The van der Waals surface area contributed by atoms with Crippen LogP contribution in [0.15, 0.2) is 91.0 Å². The zero-order valence-corrected chi connectivity index (χ0v) is 35.0. The standard InChI is InChI=1S/2C11H15N.2C10H13N.C9H11N/c1-9-2-3-10-4-6-12-7-5-11(10)8-9;1-9-4-5-11-8-12-6-2-3-10(11)7-9;1-8-2-3-10-7-11-5-4-9(10)6-8;1-8-2-3-9-4-5-11-7-10(9)6-8;1-7-2-3-8-5-10-6-9(8)4-7/h2-3,8,12H,4-7H2,1H3;4-5,7,12H,2-3,6,8H2,1H3;2*2-3,6,11H,4-5,7H2,1H3;2-4,10H,5-6H2,1H3. The lowest BCUT2D eigenvalue weighted by Crippen LogP contribution is -2.23. The van der Waals surface area contributed by atoms with Gasteiger partial charge in [0.05, 0.1) is 0 Å². The van der Waals surface area contributed by atoms with Crippen LogP contribution < -0.4 is 26.6 Å². The van der Waals surface area contributed by atoms with E-state index in [2.05, 4.69) is 152 Å². The fourth-order valence-corrected chi connectivity index (χ4v) is 8.23. The summed E-state index contributed by atoms with van der Waals surface area (Å²) in [5.41, 5.74) is 21.9. The molecule has 0 aliphatic carbocycles. The first kappa shape index (κ1) is 41.5. The number of nitrogens with one attached hydrogen (secondary N) is 5. The summed E-state index contributed by atoms with van der Waals surface area (Å²) < 4.78 is 0. The zero-order valence-electron chi connectivity index (χ0n) is 35.0. The number of hydrogen-bond acceptors (Lipinski definition) is 5. The van der Waals surface area contributed by atoms with Gasteiger partial charge in [0.1, 0.15) is 0 Å². The van der Waals surface area contributed by atoms with Gasteiger partial charge in [-0.1, -0.05) is 119 Å². The first-order valence-electron chi connectivity index (χ1n) is 21.3. The van der Waals surface area contributed by atoms with Crippen molar-refractivity contribution < 1.29 is 0 Å². The van der Waals surface area contributed by atoms with E-state index in [1.165, 1.54) is 111 Å². The van der Waals surface area contributed by atoms with Crippen molar-refractivity contribution in [3.8, 4) is 0 Å². The quantitative estimate of drug-likeness (QED) is 0.110. The second-order valence-corrected chi connectivity index (χ2v) is 16.3. The van der Waals surface area contributed by atoms with Crippen LogP contribution in [-0.2, 0) is 64.8 Å². The Morgan fingerprint density at radius 2 is 0.571 bits per heavy atom. The average molecular weight is 750 g/mol. The molecule has 0 saturated carbocycles. The van der Waals surface area contributed by atoms with E-state index in [1.54, 1.807) is 11.1 Å². The Balaban J connectivity index is 0.000000119. The van der Waals surface area contributed by atoms with Crippen molar-refractivity contribution in [2.24, 2.45) is 0 Å². The van der Waals surface area contributed by atoms with Gasteiger partial charge in [0, 0.05) is 32.7 Å². The molecular formula is C51H67N5. The molecular weight excluding hydrogens is 683 g/mol. The molecule has 0 bridgehead atoms. The SMILES string of the molecule is Cc1ccc2c(c1)CCCNC2.Cc1ccc2c(c1)CCNC2.Cc1ccc2c(c1)CCNCC2.Cc1ccc2c(c1)CNC2.Cc1ccc2c(c1)CNCC2. The fraction of sp³-hybridized carbons (Fsp3) is 0.412. The normalized spacial score (nSPS) is 16.2. The lowest BCUT2D eigenvalue weighted by Gasteiger charge is -2.16. The highest BCUT2D eigenvalue weighted by Gasteiger charge is 2.10. The molecule has 5 nitrogen and oxygen atoms in total. The first-order chi connectivity index (χ1) is 27.3. The van der Waals surface area contributed by atoms with Gasteiger partial charge in [-0.25, -0.2) is 0 Å². The van der Waals surface area contributed by atoms with Gasteiger partial charge in [-0.3, -0.25) is 0 Å². The van der Waals surface area contributed by atoms with Gasteiger partial charge in [0.25, 0.3) is 0 Å². The Kier molecular flexibility index (Phi) is 15.9. The van der Waals surface area contributed by atoms with Crippen LogP contribution in [0.4, 0.5) is 0 Å². The maximum absolute atomic E-state index is 3.42. The molecule has 5 aliphatic heterocycles. The minimum Gasteiger partial charge on any atom is -0.316 e. The van der Waals surface area contributed by atoms with E-state index in [4.69, 9.17) is 0 Å². The summed E-state index contributed by atoms with van der Waals surface area (Å²) in [4.78, 5) is 0. The second kappa shape index (κ2) is 21.4. The summed E-state index contributed by atoms with van der Waals surface area (Å²) in [6.45, 7) is 21.7. The second-order valence-electron chi connectivity index (χ2n) is 16.3. The molecule has 0 fully saturated rings. The highest BCUT2D eigenvalue weighted by molar-refractivity contribution is 5.36. The topological polar surface area (TPSA) is 60.1 Å². The predicted molar refractivity (Wildman–Crippen MR) is 238 cm³/mol. The van der Waals surface area contributed by atoms with E-state index in [1.807, 2.05) is 0 Å². The average Bonchev–Trinajstić information content (AvgIpc) is 3.38. The van der Waals surface area contributed by atoms with Crippen molar-refractivity contribution in [2.45, 2.75) is 106 Å². The van der Waals surface area contributed by atoms with Crippen LogP contribution in [0.2, 0.25) is 0 Å². The molecule has 0 radical (unpaired) electrons. The Morgan fingerprint density at radius 3 is 1.11 bits per heavy atom. The molecule has 5 heterocycles. The Labute approximate surface area is 338 Å². The van der Waals surface area contributed by atoms with Crippen LogP contribution in [0.3, 0.4) is 0 Å². The summed E-state index contributed by atoms with van der Waals surface area (Å²) in [6.07, 6.45) is 7.28. The smallest absolute Gasteiger partial charge is 0.0212 e. The molecule has 0 atom stereocenters. The molecule has 5 aromatic carbocycles. The molecule has 5 heteroatoms. The lowest BCUT2D eigenvalue weighted by molar-refractivity contribution is 0.643.